The Kier molecular flexibility index (Phi) is 4.66. The van der Waals surface area contributed by atoms with Crippen molar-refractivity contribution in [3.63, 3.8) is 0 Å². The largest absolute Gasteiger partial charge is 0.280 e. The lowest BCUT2D eigenvalue weighted by atomic mass is 9.87. The standard InChI is InChI=1S/C17H20N2O4S/c1-12-5-10-15(11-16(12)19(20)21)24(22,23)18-14-8-6-13(7-9-14)17(2,3)4/h5-11,18H,1-4H3. The van der Waals surface area contributed by atoms with E-state index in [-0.39, 0.29) is 16.0 Å². The quantitative estimate of drug-likeness (QED) is 0.668. The highest BCUT2D eigenvalue weighted by Crippen LogP contribution is 2.26. The Morgan fingerprint density at radius 3 is 2.12 bits per heavy atom. The van der Waals surface area contributed by atoms with Gasteiger partial charge in [-0.3, -0.25) is 14.8 Å². The molecule has 2 aromatic rings. The molecule has 0 aliphatic carbocycles. The van der Waals surface area contributed by atoms with E-state index in [4.69, 9.17) is 0 Å². The second-order valence-corrected chi connectivity index (χ2v) is 8.32. The second kappa shape index (κ2) is 6.24. The van der Waals surface area contributed by atoms with Crippen LogP contribution in [0.15, 0.2) is 47.4 Å². The van der Waals surface area contributed by atoms with Crippen molar-refractivity contribution in [2.75, 3.05) is 4.72 Å². The molecular formula is C17H20N2O4S. The van der Waals surface area contributed by atoms with E-state index >= 15 is 0 Å². The maximum absolute atomic E-state index is 12.4. The highest BCUT2D eigenvalue weighted by molar-refractivity contribution is 7.92. The summed E-state index contributed by atoms with van der Waals surface area (Å²) in [5.41, 5.74) is 1.65. The van der Waals surface area contributed by atoms with Gasteiger partial charge in [-0.15, -0.1) is 0 Å². The Labute approximate surface area is 141 Å². The summed E-state index contributed by atoms with van der Waals surface area (Å²) >= 11 is 0. The molecule has 128 valence electrons. The molecule has 0 aromatic heterocycles. The fourth-order valence-electron chi connectivity index (χ4n) is 2.21. The van der Waals surface area contributed by atoms with Gasteiger partial charge in [0.1, 0.15) is 0 Å². The Morgan fingerprint density at radius 2 is 1.62 bits per heavy atom. The first kappa shape index (κ1) is 17.9. The number of nitro benzene ring substituents is 1. The summed E-state index contributed by atoms with van der Waals surface area (Å²) in [5.74, 6) is 0. The summed E-state index contributed by atoms with van der Waals surface area (Å²) in [6.45, 7) is 7.76. The summed E-state index contributed by atoms with van der Waals surface area (Å²) in [6.07, 6.45) is 0. The first-order valence-electron chi connectivity index (χ1n) is 7.39. The van der Waals surface area contributed by atoms with Crippen molar-refractivity contribution >= 4 is 21.4 Å². The monoisotopic (exact) mass is 348 g/mol. The molecule has 0 saturated heterocycles. The molecule has 0 bridgehead atoms. The van der Waals surface area contributed by atoms with Crippen molar-refractivity contribution in [2.24, 2.45) is 0 Å². The van der Waals surface area contributed by atoms with Gasteiger partial charge in [0.25, 0.3) is 15.7 Å². The van der Waals surface area contributed by atoms with E-state index in [9.17, 15) is 18.5 Å². The maximum atomic E-state index is 12.4. The molecule has 2 aromatic carbocycles. The van der Waals surface area contributed by atoms with Crippen LogP contribution >= 0.6 is 0 Å². The van der Waals surface area contributed by atoms with Gasteiger partial charge in [-0.05, 0) is 36.1 Å². The van der Waals surface area contributed by atoms with Crippen molar-refractivity contribution in [3.05, 3.63) is 63.7 Å². The van der Waals surface area contributed by atoms with Crippen LogP contribution in [-0.4, -0.2) is 13.3 Å². The van der Waals surface area contributed by atoms with Crippen LogP contribution in [0, 0.1) is 17.0 Å². The molecule has 2 rings (SSSR count). The van der Waals surface area contributed by atoms with Gasteiger partial charge in [-0.25, -0.2) is 8.42 Å². The summed E-state index contributed by atoms with van der Waals surface area (Å²) in [5, 5.41) is 11.0. The fraction of sp³-hybridized carbons (Fsp3) is 0.294. The molecule has 0 saturated carbocycles. The number of nitrogens with zero attached hydrogens (tertiary/aromatic N) is 1. The molecule has 7 heteroatoms. The zero-order valence-corrected chi connectivity index (χ0v) is 14.8. The van der Waals surface area contributed by atoms with Gasteiger partial charge < -0.3 is 0 Å². The van der Waals surface area contributed by atoms with Crippen LogP contribution in [0.5, 0.6) is 0 Å². The first-order valence-corrected chi connectivity index (χ1v) is 8.87. The van der Waals surface area contributed by atoms with Gasteiger partial charge in [-0.1, -0.05) is 39.0 Å². The topological polar surface area (TPSA) is 89.3 Å². The lowest BCUT2D eigenvalue weighted by Gasteiger charge is -2.19. The predicted octanol–water partition coefficient (Wildman–Crippen LogP) is 4.00. The zero-order chi connectivity index (χ0) is 18.1. The van der Waals surface area contributed by atoms with E-state index in [1.54, 1.807) is 19.1 Å². The number of rotatable bonds is 4. The first-order chi connectivity index (χ1) is 11.0. The number of benzene rings is 2. The molecule has 0 aliphatic rings. The Hall–Kier alpha value is -2.41. The third-order valence-corrected chi connectivity index (χ3v) is 5.07. The van der Waals surface area contributed by atoms with Crippen LogP contribution in [-0.2, 0) is 15.4 Å². The van der Waals surface area contributed by atoms with E-state index in [0.29, 0.717) is 11.3 Å². The van der Waals surface area contributed by atoms with Gasteiger partial charge in [0.15, 0.2) is 0 Å². The molecule has 0 amide bonds. The van der Waals surface area contributed by atoms with Crippen molar-refractivity contribution < 1.29 is 13.3 Å². The minimum Gasteiger partial charge on any atom is -0.280 e. The normalized spacial score (nSPS) is 12.0. The second-order valence-electron chi connectivity index (χ2n) is 6.64. The number of hydrogen-bond acceptors (Lipinski definition) is 4. The summed E-state index contributed by atoms with van der Waals surface area (Å²) in [4.78, 5) is 10.3. The molecule has 1 N–H and O–H groups in total. The van der Waals surface area contributed by atoms with Crippen molar-refractivity contribution in [1.82, 2.24) is 0 Å². The van der Waals surface area contributed by atoms with Crippen LogP contribution in [0.25, 0.3) is 0 Å². The molecule has 0 heterocycles. The molecular weight excluding hydrogens is 328 g/mol. The van der Waals surface area contributed by atoms with E-state index in [1.165, 1.54) is 12.1 Å². The van der Waals surface area contributed by atoms with Crippen molar-refractivity contribution in [1.29, 1.82) is 0 Å². The number of nitro groups is 1. The Balaban J connectivity index is 2.32. The average Bonchev–Trinajstić information content (AvgIpc) is 2.46. The molecule has 0 aliphatic heterocycles. The average molecular weight is 348 g/mol. The number of sulfonamides is 1. The molecule has 6 nitrogen and oxygen atoms in total. The van der Waals surface area contributed by atoms with Gasteiger partial charge >= 0.3 is 0 Å². The SMILES string of the molecule is Cc1ccc(S(=O)(=O)Nc2ccc(C(C)(C)C)cc2)cc1[N+](=O)[O-]. The third kappa shape index (κ3) is 3.91. The van der Waals surface area contributed by atoms with Crippen molar-refractivity contribution in [3.8, 4) is 0 Å². The maximum Gasteiger partial charge on any atom is 0.273 e. The third-order valence-electron chi connectivity index (χ3n) is 3.69. The van der Waals surface area contributed by atoms with Gasteiger partial charge in [0.05, 0.1) is 9.82 Å². The lowest BCUT2D eigenvalue weighted by molar-refractivity contribution is -0.385. The molecule has 0 spiro atoms. The minimum atomic E-state index is -3.89. The van der Waals surface area contributed by atoms with E-state index in [1.807, 2.05) is 12.1 Å². The van der Waals surface area contributed by atoms with Crippen LogP contribution in [0.2, 0.25) is 0 Å². The van der Waals surface area contributed by atoms with E-state index in [2.05, 4.69) is 25.5 Å². The smallest absolute Gasteiger partial charge is 0.273 e. The number of hydrogen-bond donors (Lipinski definition) is 1. The minimum absolute atomic E-state index is 0.0328. The Morgan fingerprint density at radius 1 is 1.04 bits per heavy atom. The molecule has 0 radical (unpaired) electrons. The fourth-order valence-corrected chi connectivity index (χ4v) is 3.28. The summed E-state index contributed by atoms with van der Waals surface area (Å²) < 4.78 is 27.3. The predicted molar refractivity (Wildman–Crippen MR) is 93.8 cm³/mol. The van der Waals surface area contributed by atoms with E-state index < -0.39 is 14.9 Å². The van der Waals surface area contributed by atoms with Gasteiger partial charge in [0, 0.05) is 17.3 Å². The van der Waals surface area contributed by atoms with Gasteiger partial charge in [0.2, 0.25) is 0 Å². The van der Waals surface area contributed by atoms with Crippen molar-refractivity contribution in [2.45, 2.75) is 38.0 Å². The highest BCUT2D eigenvalue weighted by atomic mass is 32.2. The van der Waals surface area contributed by atoms with Gasteiger partial charge in [-0.2, -0.15) is 0 Å². The lowest BCUT2D eigenvalue weighted by Crippen LogP contribution is -2.14. The zero-order valence-electron chi connectivity index (χ0n) is 14.0. The number of anilines is 1. The van der Waals surface area contributed by atoms with Crippen LogP contribution in [0.4, 0.5) is 11.4 Å². The van der Waals surface area contributed by atoms with E-state index in [0.717, 1.165) is 11.6 Å². The summed E-state index contributed by atoms with van der Waals surface area (Å²) in [6, 6.07) is 10.9. The molecule has 0 unspecified atom stereocenters. The number of nitrogens with one attached hydrogen (secondary N) is 1. The highest BCUT2D eigenvalue weighted by Gasteiger charge is 2.20. The summed E-state index contributed by atoms with van der Waals surface area (Å²) in [7, 11) is -3.89. The molecule has 0 atom stereocenters. The van der Waals surface area contributed by atoms with Crippen LogP contribution < -0.4 is 4.72 Å². The molecule has 0 fully saturated rings. The van der Waals surface area contributed by atoms with Crippen LogP contribution in [0.3, 0.4) is 0 Å². The van der Waals surface area contributed by atoms with Crippen LogP contribution in [0.1, 0.15) is 31.9 Å². The molecule has 24 heavy (non-hydrogen) atoms. The number of aryl methyl sites for hydroxylation is 1. The Bertz CT molecular complexity index is 866.